The molecule has 0 spiro atoms. The van der Waals surface area contributed by atoms with E-state index in [9.17, 15) is 0 Å². The Bertz CT molecular complexity index is 2450. The Hall–Kier alpha value is -5.44. The van der Waals surface area contributed by atoms with Crippen molar-refractivity contribution in [2.45, 2.75) is 19.3 Å². The maximum Gasteiger partial charge on any atom is 0.0540 e. The summed E-state index contributed by atoms with van der Waals surface area (Å²) in [5.74, 6) is 0. The Balaban J connectivity index is 1.34. The van der Waals surface area contributed by atoms with Crippen molar-refractivity contribution in [1.82, 2.24) is 0 Å². The van der Waals surface area contributed by atoms with Gasteiger partial charge >= 0.3 is 0 Å². The maximum atomic E-state index is 2.52. The van der Waals surface area contributed by atoms with Crippen LogP contribution >= 0.6 is 11.3 Å². The zero-order chi connectivity index (χ0) is 31.5. The topological polar surface area (TPSA) is 3.24 Å². The van der Waals surface area contributed by atoms with Crippen molar-refractivity contribution < 1.29 is 0 Å². The summed E-state index contributed by atoms with van der Waals surface area (Å²) in [6, 6.07) is 60.0. The lowest BCUT2D eigenvalue weighted by Crippen LogP contribution is -2.21. The minimum Gasteiger partial charge on any atom is -0.310 e. The van der Waals surface area contributed by atoms with E-state index in [1.54, 1.807) is 0 Å². The highest BCUT2D eigenvalue weighted by molar-refractivity contribution is 7.25. The zero-order valence-corrected chi connectivity index (χ0v) is 27.3. The van der Waals surface area contributed by atoms with Gasteiger partial charge in [-0.05, 0) is 75.3 Å². The van der Waals surface area contributed by atoms with Crippen LogP contribution in [-0.4, -0.2) is 0 Å². The minimum atomic E-state index is -0.170. The molecule has 0 fully saturated rings. The first-order valence-electron chi connectivity index (χ1n) is 16.3. The number of thiophene rings is 1. The van der Waals surface area contributed by atoms with Gasteiger partial charge in [-0.3, -0.25) is 0 Å². The molecule has 2 heteroatoms. The van der Waals surface area contributed by atoms with Crippen molar-refractivity contribution in [3.63, 3.8) is 0 Å². The second-order valence-corrected chi connectivity index (χ2v) is 14.0. The van der Waals surface area contributed by atoms with Crippen LogP contribution in [0.3, 0.4) is 0 Å². The van der Waals surface area contributed by atoms with E-state index in [2.05, 4.69) is 183 Å². The SMILES string of the molecule is CC1(C)c2ccccc2-c2cccc(N(c3cccc(-c4ccccc4)c3)c3ccccc3-c3cccc4sc5ccccc5c34)c21. The van der Waals surface area contributed by atoms with E-state index in [1.165, 1.54) is 76.1 Å². The van der Waals surface area contributed by atoms with Crippen molar-refractivity contribution in [1.29, 1.82) is 0 Å². The van der Waals surface area contributed by atoms with Gasteiger partial charge in [-0.1, -0.05) is 141 Å². The third-order valence-electron chi connectivity index (χ3n) is 9.85. The lowest BCUT2D eigenvalue weighted by molar-refractivity contribution is 0.661. The first kappa shape index (κ1) is 27.8. The Labute approximate surface area is 280 Å². The first-order chi connectivity index (χ1) is 23.1. The van der Waals surface area contributed by atoms with Crippen LogP contribution in [0.25, 0.3) is 53.6 Å². The molecule has 0 saturated carbocycles. The molecule has 0 N–H and O–H groups in total. The molecule has 0 saturated heterocycles. The molecule has 0 aliphatic heterocycles. The fourth-order valence-corrected chi connectivity index (χ4v) is 8.90. The number of para-hydroxylation sites is 1. The molecule has 0 bridgehead atoms. The molecule has 0 atom stereocenters. The normalized spacial score (nSPS) is 13.1. The average Bonchev–Trinajstić information content (AvgIpc) is 3.62. The molecule has 0 unspecified atom stereocenters. The largest absolute Gasteiger partial charge is 0.310 e. The summed E-state index contributed by atoms with van der Waals surface area (Å²) in [5, 5.41) is 2.64. The highest BCUT2D eigenvalue weighted by Gasteiger charge is 2.39. The standard InChI is InChI=1S/C45H33NS/c1-45(2)38-24-9-6-19-33(38)36-23-13-26-40(44(36)45)46(32-18-12-17-31(29-32)30-15-4-3-5-16-30)39-25-10-7-20-34(39)35-22-14-28-42-43(35)37-21-8-11-27-41(37)47-42/h3-29H,1-2H3. The van der Waals surface area contributed by atoms with Crippen molar-refractivity contribution in [3.8, 4) is 33.4 Å². The lowest BCUT2D eigenvalue weighted by atomic mass is 9.81. The van der Waals surface area contributed by atoms with Crippen LogP contribution in [0.5, 0.6) is 0 Å². The van der Waals surface area contributed by atoms with Gasteiger partial charge < -0.3 is 4.90 Å². The molecular weight excluding hydrogens is 587 g/mol. The van der Waals surface area contributed by atoms with E-state index in [0.29, 0.717) is 0 Å². The highest BCUT2D eigenvalue weighted by Crippen LogP contribution is 2.55. The minimum absolute atomic E-state index is 0.170. The number of benzene rings is 7. The maximum absolute atomic E-state index is 2.52. The predicted octanol–water partition coefficient (Wildman–Crippen LogP) is 13.2. The van der Waals surface area contributed by atoms with Gasteiger partial charge in [-0.15, -0.1) is 11.3 Å². The summed E-state index contributed by atoms with van der Waals surface area (Å²) < 4.78 is 2.63. The molecule has 1 nitrogen and oxygen atoms in total. The summed E-state index contributed by atoms with van der Waals surface area (Å²) in [4.78, 5) is 2.52. The van der Waals surface area contributed by atoms with E-state index in [1.807, 2.05) is 11.3 Å². The van der Waals surface area contributed by atoms with Gasteiger partial charge in [0.2, 0.25) is 0 Å². The molecule has 1 aliphatic carbocycles. The van der Waals surface area contributed by atoms with Crippen LogP contribution in [0.15, 0.2) is 164 Å². The predicted molar refractivity (Wildman–Crippen MR) is 202 cm³/mol. The summed E-state index contributed by atoms with van der Waals surface area (Å²) in [6.07, 6.45) is 0. The molecule has 224 valence electrons. The Kier molecular flexibility index (Phi) is 6.41. The highest BCUT2D eigenvalue weighted by atomic mass is 32.1. The molecule has 1 aromatic heterocycles. The Morgan fingerprint density at radius 3 is 1.98 bits per heavy atom. The van der Waals surface area contributed by atoms with Crippen LogP contribution in [0.1, 0.15) is 25.0 Å². The van der Waals surface area contributed by atoms with Gasteiger partial charge in [0.05, 0.1) is 11.4 Å². The molecule has 0 amide bonds. The van der Waals surface area contributed by atoms with E-state index < -0.39 is 0 Å². The summed E-state index contributed by atoms with van der Waals surface area (Å²) in [7, 11) is 0. The Morgan fingerprint density at radius 1 is 0.468 bits per heavy atom. The smallest absolute Gasteiger partial charge is 0.0540 e. The van der Waals surface area contributed by atoms with Crippen LogP contribution in [0, 0.1) is 0 Å². The Morgan fingerprint density at radius 2 is 1.09 bits per heavy atom. The van der Waals surface area contributed by atoms with Gasteiger partial charge in [0.1, 0.15) is 0 Å². The van der Waals surface area contributed by atoms with Crippen LogP contribution in [-0.2, 0) is 5.41 Å². The van der Waals surface area contributed by atoms with E-state index in [0.717, 1.165) is 5.69 Å². The molecule has 7 aromatic carbocycles. The quantitative estimate of drug-likeness (QED) is 0.185. The van der Waals surface area contributed by atoms with Gasteiger partial charge in [-0.2, -0.15) is 0 Å². The van der Waals surface area contributed by atoms with Crippen molar-refractivity contribution in [2.75, 3.05) is 4.90 Å². The monoisotopic (exact) mass is 619 g/mol. The van der Waals surface area contributed by atoms with Crippen LogP contribution in [0.2, 0.25) is 0 Å². The number of rotatable bonds is 5. The van der Waals surface area contributed by atoms with Gasteiger partial charge in [0, 0.05) is 36.8 Å². The molecule has 9 rings (SSSR count). The van der Waals surface area contributed by atoms with E-state index in [-0.39, 0.29) is 5.41 Å². The molecule has 47 heavy (non-hydrogen) atoms. The summed E-state index contributed by atoms with van der Waals surface area (Å²) in [5.41, 5.74) is 13.6. The number of anilines is 3. The number of fused-ring (bicyclic) bond motifs is 6. The van der Waals surface area contributed by atoms with Gasteiger partial charge in [0.15, 0.2) is 0 Å². The average molecular weight is 620 g/mol. The number of hydrogen-bond donors (Lipinski definition) is 0. The third-order valence-corrected chi connectivity index (χ3v) is 11.0. The fourth-order valence-electron chi connectivity index (χ4n) is 7.76. The van der Waals surface area contributed by atoms with Crippen molar-refractivity contribution >= 4 is 48.6 Å². The molecule has 8 aromatic rings. The lowest BCUT2D eigenvalue weighted by Gasteiger charge is -2.33. The molecule has 1 aliphatic rings. The first-order valence-corrected chi connectivity index (χ1v) is 17.1. The van der Waals surface area contributed by atoms with Gasteiger partial charge in [0.25, 0.3) is 0 Å². The van der Waals surface area contributed by atoms with Crippen molar-refractivity contribution in [2.24, 2.45) is 0 Å². The fraction of sp³-hybridized carbons (Fsp3) is 0.0667. The van der Waals surface area contributed by atoms with E-state index in [4.69, 9.17) is 0 Å². The number of hydrogen-bond acceptors (Lipinski definition) is 2. The number of nitrogens with zero attached hydrogens (tertiary/aromatic N) is 1. The van der Waals surface area contributed by atoms with E-state index >= 15 is 0 Å². The third kappa shape index (κ3) is 4.36. The van der Waals surface area contributed by atoms with Crippen LogP contribution in [0.4, 0.5) is 17.1 Å². The second-order valence-electron chi connectivity index (χ2n) is 12.9. The second kappa shape index (κ2) is 10.8. The van der Waals surface area contributed by atoms with Gasteiger partial charge in [-0.25, -0.2) is 0 Å². The molecule has 0 radical (unpaired) electrons. The zero-order valence-electron chi connectivity index (χ0n) is 26.4. The summed E-state index contributed by atoms with van der Waals surface area (Å²) in [6.45, 7) is 4.76. The summed E-state index contributed by atoms with van der Waals surface area (Å²) >= 11 is 1.87. The van der Waals surface area contributed by atoms with Crippen LogP contribution < -0.4 is 4.90 Å². The van der Waals surface area contributed by atoms with Crippen molar-refractivity contribution in [3.05, 3.63) is 175 Å². The molecular formula is C45H33NS. The molecule has 1 heterocycles.